The van der Waals surface area contributed by atoms with Gasteiger partial charge in [-0.15, -0.1) is 0 Å². The molecule has 1 aromatic heterocycles. The Morgan fingerprint density at radius 3 is 2.75 bits per heavy atom. The van der Waals surface area contributed by atoms with Crippen molar-refractivity contribution >= 4 is 15.9 Å². The van der Waals surface area contributed by atoms with Crippen molar-refractivity contribution in [1.82, 2.24) is 10.3 Å². The topological polar surface area (TPSA) is 34.1 Å². The van der Waals surface area contributed by atoms with E-state index in [2.05, 4.69) is 69.6 Å². The number of pyridine rings is 1. The van der Waals surface area contributed by atoms with Crippen LogP contribution in [0.15, 0.2) is 53.1 Å². The molecule has 2 heterocycles. The van der Waals surface area contributed by atoms with E-state index in [1.165, 1.54) is 43.4 Å². The molecule has 1 saturated heterocycles. The van der Waals surface area contributed by atoms with Crippen LogP contribution in [0.3, 0.4) is 0 Å². The molecule has 28 heavy (non-hydrogen) atoms. The van der Waals surface area contributed by atoms with Crippen molar-refractivity contribution in [2.24, 2.45) is 0 Å². The Hall–Kier alpha value is -1.23. The zero-order valence-corrected chi connectivity index (χ0v) is 18.6. The Kier molecular flexibility index (Phi) is 8.50. The Balaban J connectivity index is 0.000000169. The second kappa shape index (κ2) is 11.1. The van der Waals surface area contributed by atoms with Crippen molar-refractivity contribution in [3.8, 4) is 0 Å². The van der Waals surface area contributed by atoms with Gasteiger partial charge in [-0.3, -0.25) is 4.98 Å². The van der Waals surface area contributed by atoms with E-state index in [-0.39, 0.29) is 5.60 Å². The van der Waals surface area contributed by atoms with Crippen LogP contribution in [0.5, 0.6) is 0 Å². The first-order valence-corrected chi connectivity index (χ1v) is 11.5. The molecule has 2 aromatic rings. The maximum Gasteiger partial charge on any atom is 0.0689 e. The van der Waals surface area contributed by atoms with Crippen LogP contribution in [0.25, 0.3) is 0 Å². The maximum absolute atomic E-state index is 6.05. The molecule has 4 rings (SSSR count). The van der Waals surface area contributed by atoms with Gasteiger partial charge in [0.1, 0.15) is 0 Å². The molecule has 3 nitrogen and oxygen atoms in total. The number of rotatable bonds is 5. The van der Waals surface area contributed by atoms with Gasteiger partial charge in [-0.1, -0.05) is 53.9 Å². The minimum Gasteiger partial charge on any atom is -0.375 e. The number of benzene rings is 1. The molecule has 4 heteroatoms. The fraction of sp³-hybridized carbons (Fsp3) is 0.542. The van der Waals surface area contributed by atoms with Crippen molar-refractivity contribution in [1.29, 1.82) is 0 Å². The highest BCUT2D eigenvalue weighted by Gasteiger charge is 2.40. The first kappa shape index (κ1) is 21.5. The normalized spacial score (nSPS) is 20.6. The smallest absolute Gasteiger partial charge is 0.0689 e. The third kappa shape index (κ3) is 6.40. The molecule has 2 fully saturated rings. The second-order valence-electron chi connectivity index (χ2n) is 7.92. The Morgan fingerprint density at radius 2 is 2.04 bits per heavy atom. The number of aromatic nitrogens is 1. The number of nitrogens with one attached hydrogen (secondary N) is 1. The van der Waals surface area contributed by atoms with Crippen molar-refractivity contribution in [3.63, 3.8) is 0 Å². The lowest BCUT2D eigenvalue weighted by atomic mass is 9.83. The van der Waals surface area contributed by atoms with Crippen LogP contribution in [0.2, 0.25) is 0 Å². The molecule has 1 saturated carbocycles. The summed E-state index contributed by atoms with van der Waals surface area (Å²) < 4.78 is 7.21. The lowest BCUT2D eigenvalue weighted by Gasteiger charge is -2.38. The van der Waals surface area contributed by atoms with Crippen molar-refractivity contribution in [3.05, 3.63) is 64.4 Å². The van der Waals surface area contributed by atoms with Gasteiger partial charge in [0.05, 0.1) is 5.60 Å². The van der Waals surface area contributed by atoms with E-state index < -0.39 is 0 Å². The Labute approximate surface area is 178 Å². The fourth-order valence-electron chi connectivity index (χ4n) is 4.37. The summed E-state index contributed by atoms with van der Waals surface area (Å²) in [5, 5.41) is 3.30. The number of hydrogen-bond acceptors (Lipinski definition) is 3. The lowest BCUT2D eigenvalue weighted by Crippen LogP contribution is -2.36. The first-order chi connectivity index (χ1) is 13.7. The van der Waals surface area contributed by atoms with E-state index in [4.69, 9.17) is 4.74 Å². The fourth-order valence-corrected chi connectivity index (χ4v) is 4.81. The Morgan fingerprint density at radius 1 is 1.18 bits per heavy atom. The molecule has 1 atom stereocenters. The lowest BCUT2D eigenvalue weighted by molar-refractivity contribution is -0.0809. The summed E-state index contributed by atoms with van der Waals surface area (Å²) in [6.07, 6.45) is 10.5. The molecule has 1 aromatic carbocycles. The predicted molar refractivity (Wildman–Crippen MR) is 120 cm³/mol. The van der Waals surface area contributed by atoms with Gasteiger partial charge in [0.25, 0.3) is 0 Å². The minimum absolute atomic E-state index is 0.209. The monoisotopic (exact) mass is 444 g/mol. The quantitative estimate of drug-likeness (QED) is 0.583. The highest BCUT2D eigenvalue weighted by molar-refractivity contribution is 9.10. The summed E-state index contributed by atoms with van der Waals surface area (Å²) in [5.41, 5.74) is 2.85. The maximum atomic E-state index is 6.05. The molecular weight excluding hydrogens is 412 g/mol. The van der Waals surface area contributed by atoms with Crippen LogP contribution in [-0.2, 0) is 11.2 Å². The molecular formula is C24H33BrN2O. The van der Waals surface area contributed by atoms with Gasteiger partial charge in [-0.25, -0.2) is 0 Å². The van der Waals surface area contributed by atoms with Crippen molar-refractivity contribution < 1.29 is 4.74 Å². The standard InChI is InChI=1S/C14H19NO.C10H14BrN/c1-4-9-15-13(5-1)12-6-10-16-14(11-12)7-2-3-8-14;1-2-12-7-6-9-4-3-5-10(11)8-9/h1,4-5,9,12H,2-3,6-8,10-11H2;3-5,8,12H,2,6-7H2,1H3. The summed E-state index contributed by atoms with van der Waals surface area (Å²) in [6.45, 7) is 5.16. The average Bonchev–Trinajstić information content (AvgIpc) is 3.17. The molecule has 152 valence electrons. The summed E-state index contributed by atoms with van der Waals surface area (Å²) in [5.74, 6) is 0.619. The van der Waals surface area contributed by atoms with Gasteiger partial charge in [0.15, 0.2) is 0 Å². The van der Waals surface area contributed by atoms with Gasteiger partial charge in [-0.2, -0.15) is 0 Å². The van der Waals surface area contributed by atoms with Crippen LogP contribution in [0.1, 0.15) is 62.6 Å². The molecule has 1 spiro atoms. The number of ether oxygens (including phenoxy) is 1. The van der Waals surface area contributed by atoms with E-state index in [1.807, 2.05) is 12.3 Å². The highest BCUT2D eigenvalue weighted by Crippen LogP contribution is 2.44. The molecule has 1 N–H and O–H groups in total. The van der Waals surface area contributed by atoms with E-state index in [0.717, 1.165) is 37.0 Å². The van der Waals surface area contributed by atoms with E-state index in [1.54, 1.807) is 0 Å². The molecule has 0 radical (unpaired) electrons. The second-order valence-corrected chi connectivity index (χ2v) is 8.83. The first-order valence-electron chi connectivity index (χ1n) is 10.7. The third-order valence-electron chi connectivity index (χ3n) is 5.84. The largest absolute Gasteiger partial charge is 0.375 e. The summed E-state index contributed by atoms with van der Waals surface area (Å²) in [6, 6.07) is 14.7. The van der Waals surface area contributed by atoms with Crippen LogP contribution < -0.4 is 5.32 Å². The zero-order valence-electron chi connectivity index (χ0n) is 17.0. The molecule has 1 unspecified atom stereocenters. The SMILES string of the molecule is CCNCCc1cccc(Br)c1.c1ccc(C2CCOC3(CCCC3)C2)nc1. The van der Waals surface area contributed by atoms with E-state index in [9.17, 15) is 0 Å². The van der Waals surface area contributed by atoms with Crippen LogP contribution >= 0.6 is 15.9 Å². The van der Waals surface area contributed by atoms with Crippen LogP contribution in [0.4, 0.5) is 0 Å². The number of hydrogen-bond donors (Lipinski definition) is 1. The molecule has 1 aliphatic heterocycles. The molecule has 0 bridgehead atoms. The zero-order chi connectivity index (χ0) is 19.7. The molecule has 0 amide bonds. The van der Waals surface area contributed by atoms with Gasteiger partial charge in [-0.05, 0) is 75.0 Å². The predicted octanol–water partition coefficient (Wildman–Crippen LogP) is 5.89. The molecule has 2 aliphatic rings. The molecule has 1 aliphatic carbocycles. The highest BCUT2D eigenvalue weighted by atomic mass is 79.9. The van der Waals surface area contributed by atoms with Gasteiger partial charge in [0, 0.05) is 28.9 Å². The number of likely N-dealkylation sites (N-methyl/N-ethyl adjacent to an activating group) is 1. The van der Waals surface area contributed by atoms with E-state index in [0.29, 0.717) is 5.92 Å². The van der Waals surface area contributed by atoms with Crippen LogP contribution in [0, 0.1) is 0 Å². The number of nitrogens with zero attached hydrogens (tertiary/aromatic N) is 1. The average molecular weight is 445 g/mol. The summed E-state index contributed by atoms with van der Waals surface area (Å²) in [4.78, 5) is 4.50. The van der Waals surface area contributed by atoms with Crippen molar-refractivity contribution in [2.75, 3.05) is 19.7 Å². The summed E-state index contributed by atoms with van der Waals surface area (Å²) >= 11 is 3.45. The van der Waals surface area contributed by atoms with Gasteiger partial charge >= 0.3 is 0 Å². The van der Waals surface area contributed by atoms with Gasteiger partial charge in [0.2, 0.25) is 0 Å². The van der Waals surface area contributed by atoms with Crippen molar-refractivity contribution in [2.45, 2.75) is 63.4 Å². The van der Waals surface area contributed by atoms with Gasteiger partial charge < -0.3 is 10.1 Å². The van der Waals surface area contributed by atoms with Crippen LogP contribution in [-0.4, -0.2) is 30.3 Å². The Bertz CT molecular complexity index is 701. The minimum atomic E-state index is 0.209. The summed E-state index contributed by atoms with van der Waals surface area (Å²) in [7, 11) is 0. The number of halogens is 1. The van der Waals surface area contributed by atoms with E-state index >= 15 is 0 Å². The third-order valence-corrected chi connectivity index (χ3v) is 6.34.